The van der Waals surface area contributed by atoms with Gasteiger partial charge in [-0.05, 0) is 95.8 Å². The number of carboxylic acids is 2. The molecule has 0 aliphatic heterocycles. The van der Waals surface area contributed by atoms with Gasteiger partial charge in [0, 0.05) is 16.9 Å². The van der Waals surface area contributed by atoms with E-state index in [-0.39, 0.29) is 22.3 Å². The molecule has 8 heteroatoms. The molecule has 8 nitrogen and oxygen atoms in total. The van der Waals surface area contributed by atoms with Crippen LogP contribution in [-0.2, 0) is 0 Å². The first kappa shape index (κ1) is 25.8. The van der Waals surface area contributed by atoms with Crippen molar-refractivity contribution in [2.24, 2.45) is 0 Å². The number of hydrogen-bond acceptors (Lipinski definition) is 5. The number of anilines is 2. The lowest BCUT2D eigenvalue weighted by Crippen LogP contribution is -2.16. The monoisotopic (exact) mass is 508 g/mol. The third-order valence-electron chi connectivity index (χ3n) is 6.26. The van der Waals surface area contributed by atoms with E-state index < -0.39 is 17.8 Å². The minimum Gasteiger partial charge on any atom is -0.478 e. The summed E-state index contributed by atoms with van der Waals surface area (Å²) in [6, 6.07) is 19.4. The number of benzene rings is 4. The molecule has 0 unspecified atom stereocenters. The number of rotatable bonds is 7. The number of aryl methyl sites for hydroxylation is 2. The van der Waals surface area contributed by atoms with Crippen molar-refractivity contribution >= 4 is 35.5 Å². The lowest BCUT2D eigenvalue weighted by molar-refractivity contribution is 0.0684. The summed E-state index contributed by atoms with van der Waals surface area (Å²) in [7, 11) is 0. The second-order valence-electron chi connectivity index (χ2n) is 8.85. The molecule has 0 spiro atoms. The Hall–Kier alpha value is -5.24. The van der Waals surface area contributed by atoms with Crippen LogP contribution in [0.1, 0.15) is 52.6 Å². The molecule has 0 atom stereocenters. The van der Waals surface area contributed by atoms with E-state index in [1.54, 1.807) is 12.1 Å². The van der Waals surface area contributed by atoms with Gasteiger partial charge in [0.05, 0.1) is 16.7 Å². The fourth-order valence-electron chi connectivity index (χ4n) is 4.36. The summed E-state index contributed by atoms with van der Waals surface area (Å²) in [4.78, 5) is 47.8. The van der Waals surface area contributed by atoms with Gasteiger partial charge in [-0.2, -0.15) is 0 Å². The zero-order chi connectivity index (χ0) is 27.6. The van der Waals surface area contributed by atoms with Crippen molar-refractivity contribution in [2.75, 3.05) is 11.1 Å². The van der Waals surface area contributed by atoms with Crippen LogP contribution in [0.5, 0.6) is 0 Å². The van der Waals surface area contributed by atoms with Crippen molar-refractivity contribution in [1.29, 1.82) is 0 Å². The summed E-state index contributed by atoms with van der Waals surface area (Å²) in [5, 5.41) is 21.7. The smallest absolute Gasteiger partial charge is 0.336 e. The number of hydrogen-bond donors (Lipinski definition) is 4. The molecule has 4 rings (SSSR count). The van der Waals surface area contributed by atoms with Crippen LogP contribution >= 0.6 is 0 Å². The molecule has 5 N–H and O–H groups in total. The van der Waals surface area contributed by atoms with Gasteiger partial charge >= 0.3 is 11.9 Å². The maximum absolute atomic E-state index is 13.2. The van der Waals surface area contributed by atoms with Crippen LogP contribution in [0, 0.1) is 13.8 Å². The Labute approximate surface area is 218 Å². The van der Waals surface area contributed by atoms with E-state index in [1.165, 1.54) is 36.4 Å². The zero-order valence-electron chi connectivity index (χ0n) is 20.6. The lowest BCUT2D eigenvalue weighted by Gasteiger charge is -2.14. The summed E-state index contributed by atoms with van der Waals surface area (Å²) in [6.45, 7) is 3.88. The van der Waals surface area contributed by atoms with E-state index in [2.05, 4.69) is 5.32 Å². The molecule has 0 fully saturated rings. The Bertz CT molecular complexity index is 1620. The summed E-state index contributed by atoms with van der Waals surface area (Å²) >= 11 is 0. The van der Waals surface area contributed by atoms with Crippen LogP contribution in [0.15, 0.2) is 72.8 Å². The van der Waals surface area contributed by atoms with Gasteiger partial charge in [-0.1, -0.05) is 24.3 Å². The normalized spacial score (nSPS) is 10.6. The van der Waals surface area contributed by atoms with Gasteiger partial charge in [0.25, 0.3) is 5.91 Å². The van der Waals surface area contributed by atoms with Gasteiger partial charge in [-0.15, -0.1) is 0 Å². The van der Waals surface area contributed by atoms with Crippen LogP contribution in [0.4, 0.5) is 11.4 Å². The minimum absolute atomic E-state index is 0.0322. The highest BCUT2D eigenvalue weighted by Gasteiger charge is 2.19. The summed E-state index contributed by atoms with van der Waals surface area (Å²) in [5.41, 5.74) is 11.4. The van der Waals surface area contributed by atoms with E-state index in [9.17, 15) is 29.4 Å². The van der Waals surface area contributed by atoms with Crippen molar-refractivity contribution < 1.29 is 29.4 Å². The van der Waals surface area contributed by atoms with Gasteiger partial charge in [0.2, 0.25) is 0 Å². The molecule has 0 bridgehead atoms. The van der Waals surface area contributed by atoms with Crippen molar-refractivity contribution in [1.82, 2.24) is 0 Å². The highest BCUT2D eigenvalue weighted by atomic mass is 16.4. The Kier molecular flexibility index (Phi) is 7.07. The molecule has 190 valence electrons. The average molecular weight is 509 g/mol. The molecule has 0 radical (unpaired) electrons. The van der Waals surface area contributed by atoms with Crippen molar-refractivity contribution in [2.45, 2.75) is 13.8 Å². The van der Waals surface area contributed by atoms with Crippen LogP contribution in [0.2, 0.25) is 0 Å². The first-order chi connectivity index (χ1) is 18.1. The van der Waals surface area contributed by atoms with Crippen LogP contribution < -0.4 is 11.1 Å². The predicted molar refractivity (Wildman–Crippen MR) is 145 cm³/mol. The van der Waals surface area contributed by atoms with Crippen molar-refractivity contribution in [3.8, 4) is 22.3 Å². The fourth-order valence-corrected chi connectivity index (χ4v) is 4.36. The molecule has 0 saturated heterocycles. The molecule has 0 aliphatic rings. The van der Waals surface area contributed by atoms with Gasteiger partial charge in [0.15, 0.2) is 6.29 Å². The Morgan fingerprint density at radius 1 is 0.711 bits per heavy atom. The maximum Gasteiger partial charge on any atom is 0.336 e. The summed E-state index contributed by atoms with van der Waals surface area (Å²) in [5.74, 6) is -3.15. The molecular formula is C30H24N2O6. The number of carbonyl (C=O) groups excluding carboxylic acids is 2. The molecule has 4 aromatic carbocycles. The first-order valence-corrected chi connectivity index (χ1v) is 11.6. The Morgan fingerprint density at radius 3 is 1.87 bits per heavy atom. The van der Waals surface area contributed by atoms with E-state index in [0.717, 1.165) is 22.3 Å². The largest absolute Gasteiger partial charge is 0.478 e. The third kappa shape index (κ3) is 5.15. The van der Waals surface area contributed by atoms with Crippen LogP contribution in [0.3, 0.4) is 0 Å². The SMILES string of the molecule is Cc1cc(N)ccc1-c1ccc(NC(=O)c2cc(-c3ccc(C(=O)O)c(C=O)c3)ccc2C(=O)O)cc1C. The quantitative estimate of drug-likeness (QED) is 0.185. The molecule has 0 aliphatic carbocycles. The molecule has 38 heavy (non-hydrogen) atoms. The number of amides is 1. The van der Waals surface area contributed by atoms with Gasteiger partial charge in [-0.3, -0.25) is 9.59 Å². The molecule has 4 aromatic rings. The third-order valence-corrected chi connectivity index (χ3v) is 6.26. The summed E-state index contributed by atoms with van der Waals surface area (Å²) < 4.78 is 0. The molecule has 1 amide bonds. The number of aldehydes is 1. The van der Waals surface area contributed by atoms with Gasteiger partial charge in [0.1, 0.15) is 0 Å². The second kappa shape index (κ2) is 10.4. The number of aromatic carboxylic acids is 2. The molecule has 0 aromatic heterocycles. The molecule has 0 heterocycles. The maximum atomic E-state index is 13.2. The van der Waals surface area contributed by atoms with E-state index in [0.29, 0.717) is 28.8 Å². The minimum atomic E-state index is -1.28. The van der Waals surface area contributed by atoms with E-state index >= 15 is 0 Å². The highest BCUT2D eigenvalue weighted by Crippen LogP contribution is 2.30. The van der Waals surface area contributed by atoms with Gasteiger partial charge in [-0.25, -0.2) is 9.59 Å². The second-order valence-corrected chi connectivity index (χ2v) is 8.85. The fraction of sp³-hybridized carbons (Fsp3) is 0.0667. The van der Waals surface area contributed by atoms with Crippen molar-refractivity contribution in [3.63, 3.8) is 0 Å². The number of nitrogen functional groups attached to an aromatic ring is 1. The number of carboxylic acid groups (broad SMARTS) is 2. The Balaban J connectivity index is 1.68. The topological polar surface area (TPSA) is 147 Å². The van der Waals surface area contributed by atoms with Crippen LogP contribution in [0.25, 0.3) is 22.3 Å². The number of carbonyl (C=O) groups is 4. The Morgan fingerprint density at radius 2 is 1.29 bits per heavy atom. The van der Waals surface area contributed by atoms with E-state index in [4.69, 9.17) is 5.73 Å². The molecule has 0 saturated carbocycles. The molecular weight excluding hydrogens is 484 g/mol. The van der Waals surface area contributed by atoms with Crippen LogP contribution in [-0.4, -0.2) is 34.3 Å². The first-order valence-electron chi connectivity index (χ1n) is 11.6. The van der Waals surface area contributed by atoms with Gasteiger partial charge < -0.3 is 21.3 Å². The average Bonchev–Trinajstić information content (AvgIpc) is 2.88. The number of nitrogens with one attached hydrogen (secondary N) is 1. The van der Waals surface area contributed by atoms with E-state index in [1.807, 2.05) is 38.1 Å². The predicted octanol–water partition coefficient (Wildman–Crippen LogP) is 5.68. The lowest BCUT2D eigenvalue weighted by atomic mass is 9.95. The standard InChI is InChI=1S/C30H24N2O6/c1-16-11-21(31)5-9-23(16)24-10-6-22(12-17(24)2)32-28(34)27-14-19(4-8-26(27)30(37)38)18-3-7-25(29(35)36)20(13-18)15-33/h3-15H,31H2,1-2H3,(H,32,34)(H,35,36)(H,37,38). The zero-order valence-corrected chi connectivity index (χ0v) is 20.6. The summed E-state index contributed by atoms with van der Waals surface area (Å²) in [6.07, 6.45) is 0.435. The highest BCUT2D eigenvalue weighted by molar-refractivity contribution is 6.11. The van der Waals surface area contributed by atoms with Crippen molar-refractivity contribution in [3.05, 3.63) is 106 Å². The number of nitrogens with two attached hydrogens (primary N) is 1.